The smallest absolute Gasteiger partial charge is 0.223 e. The van der Waals surface area contributed by atoms with E-state index in [0.717, 1.165) is 18.7 Å². The molecule has 1 aliphatic heterocycles. The molecule has 2 heterocycles. The van der Waals surface area contributed by atoms with Crippen LogP contribution in [0, 0.1) is 0 Å². The minimum absolute atomic E-state index is 0.0375. The highest BCUT2D eigenvalue weighted by Gasteiger charge is 2.47. The molecule has 1 spiro atoms. The van der Waals surface area contributed by atoms with Crippen LogP contribution in [0.15, 0.2) is 35.7 Å². The molecule has 2 aromatic rings. The third-order valence-electron chi connectivity index (χ3n) is 4.79. The number of carbonyl (C=O) groups excluding carboxylic acids is 1. The van der Waals surface area contributed by atoms with E-state index in [-0.39, 0.29) is 11.3 Å². The number of amides is 1. The van der Waals surface area contributed by atoms with E-state index in [4.69, 9.17) is 0 Å². The fourth-order valence-electron chi connectivity index (χ4n) is 3.92. The number of aryl methyl sites for hydroxylation is 1. The van der Waals surface area contributed by atoms with E-state index in [2.05, 4.69) is 29.6 Å². The van der Waals surface area contributed by atoms with Gasteiger partial charge in [-0.3, -0.25) is 4.79 Å². The second kappa shape index (κ2) is 4.19. The summed E-state index contributed by atoms with van der Waals surface area (Å²) in [5, 5.41) is 2.21. The summed E-state index contributed by atoms with van der Waals surface area (Å²) in [6.07, 6.45) is 3.56. The van der Waals surface area contributed by atoms with Crippen molar-refractivity contribution in [2.45, 2.75) is 31.6 Å². The molecule has 2 aliphatic rings. The van der Waals surface area contributed by atoms with Gasteiger partial charge in [-0.05, 0) is 47.9 Å². The summed E-state index contributed by atoms with van der Waals surface area (Å²) in [7, 11) is 0. The van der Waals surface area contributed by atoms with Crippen molar-refractivity contribution < 1.29 is 4.79 Å². The lowest BCUT2D eigenvalue weighted by molar-refractivity contribution is -0.116. The number of nitrogens with zero attached hydrogens (tertiary/aromatic N) is 1. The summed E-state index contributed by atoms with van der Waals surface area (Å²) in [5.41, 5.74) is 3.95. The number of carbonyl (C=O) groups is 1. The lowest BCUT2D eigenvalue weighted by Crippen LogP contribution is -2.38. The number of hydrogen-bond donors (Lipinski definition) is 0. The van der Waals surface area contributed by atoms with Crippen LogP contribution < -0.4 is 4.90 Å². The maximum atomic E-state index is 12.0. The number of anilines is 1. The van der Waals surface area contributed by atoms with E-state index in [9.17, 15) is 4.79 Å². The van der Waals surface area contributed by atoms with Crippen molar-refractivity contribution in [1.29, 1.82) is 0 Å². The zero-order chi connectivity index (χ0) is 13.7. The van der Waals surface area contributed by atoms with Crippen molar-refractivity contribution in [3.05, 3.63) is 51.7 Å². The average Bonchev–Trinajstić information content (AvgIpc) is 3.04. The maximum Gasteiger partial charge on any atom is 0.223 e. The monoisotopic (exact) mass is 283 g/mol. The molecule has 0 saturated heterocycles. The van der Waals surface area contributed by atoms with Crippen LogP contribution in [0.4, 0.5) is 5.69 Å². The van der Waals surface area contributed by atoms with E-state index in [1.54, 1.807) is 6.92 Å². The molecule has 3 heteroatoms. The second-order valence-electron chi connectivity index (χ2n) is 5.82. The highest BCUT2D eigenvalue weighted by Crippen LogP contribution is 2.52. The van der Waals surface area contributed by atoms with Crippen LogP contribution in [0.3, 0.4) is 0 Å². The molecule has 0 bridgehead atoms. The van der Waals surface area contributed by atoms with Crippen molar-refractivity contribution in [3.63, 3.8) is 0 Å². The molecule has 1 aromatic carbocycles. The van der Waals surface area contributed by atoms with Gasteiger partial charge in [0, 0.05) is 29.4 Å². The third kappa shape index (κ3) is 1.47. The molecule has 1 amide bonds. The second-order valence-corrected chi connectivity index (χ2v) is 6.82. The lowest BCUT2D eigenvalue weighted by atomic mass is 9.69. The molecule has 4 rings (SSSR count). The number of para-hydroxylation sites is 1. The molecule has 102 valence electrons. The molecule has 1 atom stereocenters. The van der Waals surface area contributed by atoms with Gasteiger partial charge in [0.1, 0.15) is 0 Å². The molecule has 0 N–H and O–H groups in total. The summed E-state index contributed by atoms with van der Waals surface area (Å²) in [5.74, 6) is 0.150. The minimum Gasteiger partial charge on any atom is -0.311 e. The zero-order valence-corrected chi connectivity index (χ0v) is 12.4. The summed E-state index contributed by atoms with van der Waals surface area (Å²) in [6.45, 7) is 2.48. The quantitative estimate of drug-likeness (QED) is 0.721. The Morgan fingerprint density at radius 1 is 1.25 bits per heavy atom. The topological polar surface area (TPSA) is 20.3 Å². The highest BCUT2D eigenvalue weighted by atomic mass is 32.1. The van der Waals surface area contributed by atoms with Crippen molar-refractivity contribution in [1.82, 2.24) is 0 Å². The van der Waals surface area contributed by atoms with Crippen LogP contribution in [0.5, 0.6) is 0 Å². The Balaban J connectivity index is 1.96. The summed E-state index contributed by atoms with van der Waals surface area (Å²) in [4.78, 5) is 15.5. The number of benzene rings is 1. The predicted molar refractivity (Wildman–Crippen MR) is 82.5 cm³/mol. The molecule has 0 fully saturated rings. The van der Waals surface area contributed by atoms with Gasteiger partial charge in [0.25, 0.3) is 0 Å². The normalized spacial score (nSPS) is 23.8. The van der Waals surface area contributed by atoms with Gasteiger partial charge < -0.3 is 4.90 Å². The van der Waals surface area contributed by atoms with Gasteiger partial charge in [0.05, 0.1) is 0 Å². The van der Waals surface area contributed by atoms with E-state index >= 15 is 0 Å². The molecular weight excluding hydrogens is 266 g/mol. The zero-order valence-electron chi connectivity index (χ0n) is 11.6. The van der Waals surface area contributed by atoms with Gasteiger partial charge in [-0.25, -0.2) is 0 Å². The molecule has 0 radical (unpaired) electrons. The van der Waals surface area contributed by atoms with E-state index in [1.165, 1.54) is 28.8 Å². The van der Waals surface area contributed by atoms with Gasteiger partial charge in [-0.15, -0.1) is 11.3 Å². The van der Waals surface area contributed by atoms with Gasteiger partial charge in [0.2, 0.25) is 5.91 Å². The van der Waals surface area contributed by atoms with Crippen LogP contribution in [-0.2, 0) is 16.6 Å². The largest absolute Gasteiger partial charge is 0.311 e. The van der Waals surface area contributed by atoms with Gasteiger partial charge in [0.15, 0.2) is 0 Å². The SMILES string of the molecule is CC(=O)N1C[C@@]2(CCCc3sccc32)c2ccccc21. The number of fused-ring (bicyclic) bond motifs is 4. The molecule has 0 saturated carbocycles. The number of hydrogen-bond acceptors (Lipinski definition) is 2. The van der Waals surface area contributed by atoms with Crippen molar-refractivity contribution in [3.8, 4) is 0 Å². The van der Waals surface area contributed by atoms with E-state index < -0.39 is 0 Å². The molecular formula is C17H17NOS. The Morgan fingerprint density at radius 3 is 2.95 bits per heavy atom. The summed E-state index contributed by atoms with van der Waals surface area (Å²) >= 11 is 1.87. The first-order valence-corrected chi connectivity index (χ1v) is 8.05. The summed E-state index contributed by atoms with van der Waals surface area (Å²) in [6, 6.07) is 10.7. The van der Waals surface area contributed by atoms with Crippen molar-refractivity contribution >= 4 is 22.9 Å². The molecule has 1 aliphatic carbocycles. The van der Waals surface area contributed by atoms with Crippen LogP contribution >= 0.6 is 11.3 Å². The average molecular weight is 283 g/mol. The minimum atomic E-state index is 0.0375. The Morgan fingerprint density at radius 2 is 2.10 bits per heavy atom. The van der Waals surface area contributed by atoms with Gasteiger partial charge in [-0.1, -0.05) is 18.2 Å². The van der Waals surface area contributed by atoms with Gasteiger partial charge in [-0.2, -0.15) is 0 Å². The standard InChI is InChI=1S/C17H17NOS/c1-12(19)18-11-17(13-5-2-3-6-15(13)18)9-4-7-16-14(17)8-10-20-16/h2-3,5-6,8,10H,4,7,9,11H2,1H3/t17-/m0/s1. The highest BCUT2D eigenvalue weighted by molar-refractivity contribution is 7.10. The van der Waals surface area contributed by atoms with Crippen LogP contribution in [-0.4, -0.2) is 12.5 Å². The Labute approximate surface area is 123 Å². The van der Waals surface area contributed by atoms with E-state index in [1.807, 2.05) is 22.3 Å². The first kappa shape index (κ1) is 12.2. The molecule has 1 aromatic heterocycles. The maximum absolute atomic E-state index is 12.0. The van der Waals surface area contributed by atoms with Crippen molar-refractivity contribution in [2.75, 3.05) is 11.4 Å². The fourth-order valence-corrected chi connectivity index (χ4v) is 4.95. The first-order valence-electron chi connectivity index (χ1n) is 7.17. The summed E-state index contributed by atoms with van der Waals surface area (Å²) < 4.78 is 0. The molecule has 2 nitrogen and oxygen atoms in total. The van der Waals surface area contributed by atoms with Crippen LogP contribution in [0.2, 0.25) is 0 Å². The lowest BCUT2D eigenvalue weighted by Gasteiger charge is -2.34. The van der Waals surface area contributed by atoms with Crippen LogP contribution in [0.25, 0.3) is 0 Å². The molecule has 20 heavy (non-hydrogen) atoms. The number of thiophene rings is 1. The van der Waals surface area contributed by atoms with Gasteiger partial charge >= 0.3 is 0 Å². The Kier molecular flexibility index (Phi) is 2.55. The Bertz CT molecular complexity index is 690. The van der Waals surface area contributed by atoms with E-state index in [0.29, 0.717) is 0 Å². The predicted octanol–water partition coefficient (Wildman–Crippen LogP) is 3.74. The van der Waals surface area contributed by atoms with Crippen molar-refractivity contribution in [2.24, 2.45) is 0 Å². The third-order valence-corrected chi connectivity index (χ3v) is 5.77. The van der Waals surface area contributed by atoms with Crippen LogP contribution in [0.1, 0.15) is 35.8 Å². The first-order chi connectivity index (χ1) is 9.72. The Hall–Kier alpha value is -1.61. The number of rotatable bonds is 0. The molecule has 0 unspecified atom stereocenters. The fraction of sp³-hybridized carbons (Fsp3) is 0.353.